The van der Waals surface area contributed by atoms with Crippen LogP contribution in [0.15, 0.2) is 30.3 Å². The molecule has 0 N–H and O–H groups in total. The summed E-state index contributed by atoms with van der Waals surface area (Å²) in [5, 5.41) is 0. The summed E-state index contributed by atoms with van der Waals surface area (Å²) in [7, 11) is 0. The van der Waals surface area contributed by atoms with Gasteiger partial charge in [-0.1, -0.05) is 17.7 Å². The quantitative estimate of drug-likeness (QED) is 0.283. The molecule has 1 aromatic carbocycles. The van der Waals surface area contributed by atoms with Crippen LogP contribution in [0.2, 0.25) is 0 Å². The SMILES string of the molecule is C[C-]=CC[C@H]1O[C@@]1(C)[C@H]1C[C@H](OC(=O)Oc2ccc(C)cc2)CC[C@]12CO2.[Y]. The second-order valence-electron chi connectivity index (χ2n) is 8.10. The van der Waals surface area contributed by atoms with Crippen molar-refractivity contribution in [2.24, 2.45) is 5.92 Å². The van der Waals surface area contributed by atoms with Crippen LogP contribution in [-0.4, -0.2) is 36.2 Å². The predicted molar refractivity (Wildman–Crippen MR) is 99.5 cm³/mol. The summed E-state index contributed by atoms with van der Waals surface area (Å²) in [5.41, 5.74) is 0.805. The van der Waals surface area contributed by atoms with E-state index >= 15 is 0 Å². The average molecular weight is 460 g/mol. The molecule has 3 aliphatic rings. The van der Waals surface area contributed by atoms with Crippen molar-refractivity contribution in [2.75, 3.05) is 6.61 Å². The Kier molecular flexibility index (Phi) is 6.70. The van der Waals surface area contributed by atoms with Crippen molar-refractivity contribution in [3.8, 4) is 5.75 Å². The Morgan fingerprint density at radius 2 is 2.07 bits per heavy atom. The molecule has 1 saturated carbocycles. The molecule has 2 aliphatic heterocycles. The van der Waals surface area contributed by atoms with Gasteiger partial charge in [0.25, 0.3) is 0 Å². The van der Waals surface area contributed by atoms with Gasteiger partial charge in [0.2, 0.25) is 0 Å². The summed E-state index contributed by atoms with van der Waals surface area (Å²) in [4.78, 5) is 12.2. The molecule has 5 nitrogen and oxygen atoms in total. The molecule has 0 aromatic heterocycles. The Morgan fingerprint density at radius 1 is 1.36 bits per heavy atom. The number of ether oxygens (including phenoxy) is 4. The number of carbonyl (C=O) groups is 1. The third-order valence-corrected chi connectivity index (χ3v) is 6.23. The number of hydrogen-bond acceptors (Lipinski definition) is 5. The molecule has 1 radical (unpaired) electrons. The number of benzene rings is 1. The van der Waals surface area contributed by atoms with Gasteiger partial charge in [-0.25, -0.2) is 4.79 Å². The summed E-state index contributed by atoms with van der Waals surface area (Å²) >= 11 is 0. The van der Waals surface area contributed by atoms with Crippen molar-refractivity contribution < 1.29 is 56.5 Å². The maximum absolute atomic E-state index is 12.2. The van der Waals surface area contributed by atoms with Gasteiger partial charge >= 0.3 is 6.16 Å². The van der Waals surface area contributed by atoms with E-state index in [2.05, 4.69) is 13.0 Å². The van der Waals surface area contributed by atoms with Gasteiger partial charge in [-0.15, -0.1) is 0 Å². The first-order chi connectivity index (χ1) is 12.9. The molecule has 2 heterocycles. The molecule has 4 rings (SSSR count). The molecule has 5 atom stereocenters. The van der Waals surface area contributed by atoms with Crippen molar-refractivity contribution in [1.29, 1.82) is 0 Å². The Balaban J connectivity index is 0.00000225. The fraction of sp³-hybridized carbons (Fsp3) is 0.591. The van der Waals surface area contributed by atoms with Crippen LogP contribution in [0.4, 0.5) is 4.79 Å². The van der Waals surface area contributed by atoms with E-state index in [1.807, 2.05) is 32.1 Å². The largest absolute Gasteiger partial charge is 0.514 e. The van der Waals surface area contributed by atoms with Crippen LogP contribution < -0.4 is 4.74 Å². The minimum atomic E-state index is -0.641. The first-order valence-corrected chi connectivity index (χ1v) is 9.71. The van der Waals surface area contributed by atoms with Crippen LogP contribution in [0.1, 0.15) is 45.1 Å². The fourth-order valence-electron chi connectivity index (χ4n) is 4.43. The van der Waals surface area contributed by atoms with E-state index in [1.54, 1.807) is 12.1 Å². The first kappa shape index (κ1) is 22.0. The van der Waals surface area contributed by atoms with Crippen molar-refractivity contribution >= 4 is 6.16 Å². The van der Waals surface area contributed by atoms with Crippen molar-refractivity contribution in [1.82, 2.24) is 0 Å². The minimum Gasteiger partial charge on any atom is -0.504 e. The standard InChI is InChI=1S/C22H27O5.Y/c1-4-5-6-19-21(3,27-19)18-13-17(11-12-22(18)14-24-22)26-20(23)25-16-9-7-15(2)8-10-16;/h5,7-10,17-19H,6,11-14H2,1-3H3;/q-1;/t17-,18-,19-,21+,22+;/m1./s1. The van der Waals surface area contributed by atoms with Crippen LogP contribution >= 0.6 is 0 Å². The zero-order chi connectivity index (χ0) is 19.1. The Hall–Kier alpha value is -0.746. The Labute approximate surface area is 192 Å². The topological polar surface area (TPSA) is 60.6 Å². The van der Waals surface area contributed by atoms with E-state index in [0.29, 0.717) is 5.75 Å². The van der Waals surface area contributed by atoms with Crippen LogP contribution in [0.25, 0.3) is 0 Å². The van der Waals surface area contributed by atoms with Crippen LogP contribution in [0.3, 0.4) is 0 Å². The van der Waals surface area contributed by atoms with Gasteiger partial charge in [0, 0.05) is 38.6 Å². The molecule has 3 fully saturated rings. The van der Waals surface area contributed by atoms with Crippen LogP contribution in [-0.2, 0) is 46.9 Å². The summed E-state index contributed by atoms with van der Waals surface area (Å²) in [6, 6.07) is 7.35. The second-order valence-corrected chi connectivity index (χ2v) is 8.10. The van der Waals surface area contributed by atoms with E-state index in [-0.39, 0.29) is 62.0 Å². The molecule has 0 amide bonds. The maximum atomic E-state index is 12.2. The molecular weight excluding hydrogens is 433 g/mol. The van der Waals surface area contributed by atoms with Gasteiger partial charge < -0.3 is 25.0 Å². The van der Waals surface area contributed by atoms with Gasteiger partial charge in [-0.3, -0.25) is 6.08 Å². The van der Waals surface area contributed by atoms with E-state index in [0.717, 1.165) is 37.9 Å². The smallest absolute Gasteiger partial charge is 0.504 e. The molecule has 1 spiro atoms. The van der Waals surface area contributed by atoms with Gasteiger partial charge in [0.15, 0.2) is 0 Å². The Morgan fingerprint density at radius 3 is 2.71 bits per heavy atom. The zero-order valence-electron chi connectivity index (χ0n) is 16.8. The molecule has 0 bridgehead atoms. The normalized spacial score (nSPS) is 36.0. The van der Waals surface area contributed by atoms with Crippen molar-refractivity contribution in [3.63, 3.8) is 0 Å². The summed E-state index contributed by atoms with van der Waals surface area (Å²) in [5.74, 6) is 0.728. The van der Waals surface area contributed by atoms with E-state index < -0.39 is 6.16 Å². The molecule has 1 aromatic rings. The van der Waals surface area contributed by atoms with E-state index in [9.17, 15) is 4.79 Å². The summed E-state index contributed by atoms with van der Waals surface area (Å²) in [6.07, 6.45) is 7.75. The molecule has 149 valence electrons. The van der Waals surface area contributed by atoms with Crippen LogP contribution in [0, 0.1) is 18.9 Å². The third kappa shape index (κ3) is 4.53. The number of epoxide rings is 2. The predicted octanol–water partition coefficient (Wildman–Crippen LogP) is 4.37. The van der Waals surface area contributed by atoms with Gasteiger partial charge in [-0.2, -0.15) is 6.92 Å². The number of aryl methyl sites for hydroxylation is 1. The number of allylic oxidation sites excluding steroid dienone is 1. The maximum Gasteiger partial charge on any atom is 0.514 e. The zero-order valence-corrected chi connectivity index (χ0v) is 19.6. The van der Waals surface area contributed by atoms with E-state index in [4.69, 9.17) is 18.9 Å². The molecule has 6 heteroatoms. The second kappa shape index (κ2) is 8.55. The molecule has 0 unspecified atom stereocenters. The van der Waals surface area contributed by atoms with Crippen molar-refractivity contribution in [3.05, 3.63) is 42.0 Å². The van der Waals surface area contributed by atoms with Gasteiger partial charge in [-0.05, 0) is 51.7 Å². The van der Waals surface area contributed by atoms with Crippen molar-refractivity contribution in [2.45, 2.75) is 69.9 Å². The minimum absolute atomic E-state index is 0. The van der Waals surface area contributed by atoms with E-state index in [1.165, 1.54) is 0 Å². The Bertz CT molecular complexity index is 727. The number of rotatable bonds is 5. The number of hydrogen-bond donors (Lipinski definition) is 0. The summed E-state index contributed by atoms with van der Waals surface area (Å²) in [6.45, 7) is 6.82. The van der Waals surface area contributed by atoms with Crippen LogP contribution in [0.5, 0.6) is 5.75 Å². The van der Waals surface area contributed by atoms with Gasteiger partial charge in [0.1, 0.15) is 11.9 Å². The molecule has 2 saturated heterocycles. The molecular formula is C22H27O5Y-. The average Bonchev–Trinajstić information content (AvgIpc) is 3.55. The molecule has 1 aliphatic carbocycles. The van der Waals surface area contributed by atoms with Gasteiger partial charge in [0.05, 0.1) is 23.9 Å². The monoisotopic (exact) mass is 460 g/mol. The fourth-order valence-corrected chi connectivity index (χ4v) is 4.43. The third-order valence-electron chi connectivity index (χ3n) is 6.23. The first-order valence-electron chi connectivity index (χ1n) is 9.71. The number of carbonyl (C=O) groups excluding carboxylic acids is 1. The molecule has 28 heavy (non-hydrogen) atoms. The summed E-state index contributed by atoms with van der Waals surface area (Å²) < 4.78 is 22.8.